The molecule has 0 aromatic rings. The van der Waals surface area contributed by atoms with Gasteiger partial charge in [-0.3, -0.25) is 14.4 Å². The van der Waals surface area contributed by atoms with E-state index in [0.717, 1.165) is 173 Å². The summed E-state index contributed by atoms with van der Waals surface area (Å²) in [6.45, 7) is 20.3. The molecule has 9 nitrogen and oxygen atoms in total. The third kappa shape index (κ3) is 86.6. The zero-order valence-electron chi connectivity index (χ0n) is 89.9. The zero-order valence-corrected chi connectivity index (χ0v) is 93.2. The van der Waals surface area contributed by atoms with Gasteiger partial charge in [0, 0.05) is 19.3 Å². The molecule has 0 saturated carbocycles. The maximum atomic E-state index is 13.5. The molecule has 0 fully saturated rings. The molecular weight excluding hydrogens is 1700 g/mol. The maximum absolute atomic E-state index is 13.5. The molecule has 0 amide bonds. The van der Waals surface area contributed by atoms with Gasteiger partial charge >= 0.3 is 25.8 Å². The topological polar surface area (TPSA) is 172 Å². The van der Waals surface area contributed by atoms with Crippen LogP contribution in [-0.4, -0.2) is 61.1 Å². The number of hydrogen-bond acceptors (Lipinski definition) is 9. The molecule has 0 aliphatic rings. The van der Waals surface area contributed by atoms with Gasteiger partial charge in [-0.05, 0) is 57.8 Å². The molecule has 0 bridgehead atoms. The number of hydrogen-bond donors (Lipinski definition) is 0. The van der Waals surface area contributed by atoms with Crippen molar-refractivity contribution >= 4 is 61.1 Å². The number of carbonyl (C=O) groups is 6. The van der Waals surface area contributed by atoms with Crippen molar-refractivity contribution in [1.82, 2.24) is 0 Å². The molecule has 10 heteroatoms. The number of aliphatic carboxylic acids is 3. The van der Waals surface area contributed by atoms with Crippen LogP contribution in [-0.2, 0) is 28.8 Å². The van der Waals surface area contributed by atoms with E-state index in [1.165, 1.54) is 424 Å². The summed E-state index contributed by atoms with van der Waals surface area (Å²) < 4.78 is 0. The quantitative estimate of drug-likeness (QED) is 0.0424. The smallest absolute Gasteiger partial charge is 0.549 e. The third-order valence-corrected chi connectivity index (χ3v) is 29.5. The minimum absolute atomic E-state index is 0. The summed E-state index contributed by atoms with van der Waals surface area (Å²) in [4.78, 5) is 78.4. The van der Waals surface area contributed by atoms with E-state index in [1.54, 1.807) is 0 Å². The molecule has 0 aromatic carbocycles. The maximum Gasteiger partial charge on any atom is 3.00 e. The molecule has 0 saturated heterocycles. The van der Waals surface area contributed by atoms with Crippen LogP contribution in [0.1, 0.15) is 717 Å². The van der Waals surface area contributed by atoms with Gasteiger partial charge in [0.1, 0.15) is 17.3 Å². The first-order valence-corrected chi connectivity index (χ1v) is 59.4. The van der Waals surface area contributed by atoms with Gasteiger partial charge in [0.15, 0.2) is 0 Å². The first-order chi connectivity index (χ1) is 63.1. The zero-order chi connectivity index (χ0) is 95.1. The van der Waals surface area contributed by atoms with Gasteiger partial charge in [-0.1, -0.05) is 640 Å². The van der Waals surface area contributed by atoms with Crippen LogP contribution in [0.25, 0.3) is 0 Å². The number of carbonyl (C=O) groups excluding carboxylic acids is 6. The average molecular weight is 1930 g/mol. The van der Waals surface area contributed by atoms with Crippen LogP contribution in [0.3, 0.4) is 0 Å². The van der Waals surface area contributed by atoms with Gasteiger partial charge in [-0.15, -0.1) is 0 Å². The SMILES string of the molecule is CCCCCCCCCCCCCC(=O)C(CCCCCCCCCCCC)(CCCCCCCCCCCC)C(=O)[O-].CCCCCCCCCCCCCC(=O)C(CCCCCCCCCCCC)(CCCCCCCCCCCC)C(=O)[O-].CCCCCCCCCCCCCC(=O)C(CCCCCCCCCCCC)(CCCCCCCCCCCC)C(=O)[O-].[In+3]. The summed E-state index contributed by atoms with van der Waals surface area (Å²) in [6, 6.07) is 0. The first kappa shape index (κ1) is 135. The molecule has 130 heavy (non-hydrogen) atoms. The van der Waals surface area contributed by atoms with E-state index in [9.17, 15) is 44.1 Å². The van der Waals surface area contributed by atoms with Crippen LogP contribution in [0.4, 0.5) is 0 Å². The third-order valence-electron chi connectivity index (χ3n) is 29.5. The van der Waals surface area contributed by atoms with Gasteiger partial charge in [-0.2, -0.15) is 0 Å². The fraction of sp³-hybridized carbons (Fsp3) is 0.950. The molecule has 0 radical (unpaired) electrons. The van der Waals surface area contributed by atoms with Crippen LogP contribution in [0.15, 0.2) is 0 Å². The van der Waals surface area contributed by atoms with Crippen LogP contribution in [0.5, 0.6) is 0 Å². The van der Waals surface area contributed by atoms with Crippen LogP contribution in [0.2, 0.25) is 0 Å². The molecule has 0 spiro atoms. The Kier molecular flexibility index (Phi) is 113. The van der Waals surface area contributed by atoms with Crippen molar-refractivity contribution in [1.29, 1.82) is 0 Å². The molecular formula is C120H231InO9. The first-order valence-electron chi connectivity index (χ1n) is 59.4. The van der Waals surface area contributed by atoms with E-state index in [0.29, 0.717) is 57.8 Å². The molecule has 768 valence electrons. The molecule has 0 heterocycles. The molecule has 0 rings (SSSR count). The summed E-state index contributed by atoms with van der Waals surface area (Å²) in [5.74, 6) is -3.37. The Morgan fingerprint density at radius 3 is 0.292 bits per heavy atom. The molecule has 0 N–H and O–H groups in total. The Bertz CT molecular complexity index is 1980. The standard InChI is InChI=1S/3C40H78O3.In/c3*1-4-7-10-13-16-19-22-23-26-29-32-35-38(41)40(39(42)43,36-33-30-27-24-20-17-14-11-8-5-2)37-34-31-28-25-21-18-15-12-9-6-3;/h3*4-37H2,1-3H3,(H,42,43);/q;;;+3/p-3. The van der Waals surface area contributed by atoms with Crippen molar-refractivity contribution in [2.75, 3.05) is 0 Å². The molecule has 0 atom stereocenters. The normalized spacial score (nSPS) is 11.7. The molecule has 0 aliphatic heterocycles. The van der Waals surface area contributed by atoms with Gasteiger partial charge in [0.25, 0.3) is 0 Å². The average Bonchev–Trinajstić information content (AvgIpc) is 0.830. The minimum atomic E-state index is -1.25. The van der Waals surface area contributed by atoms with E-state index < -0.39 is 34.2 Å². The van der Waals surface area contributed by atoms with Crippen molar-refractivity contribution in [3.05, 3.63) is 0 Å². The van der Waals surface area contributed by atoms with Crippen LogP contribution in [0, 0.1) is 16.2 Å². The van der Waals surface area contributed by atoms with E-state index in [1.807, 2.05) is 0 Å². The second-order valence-electron chi connectivity index (χ2n) is 41.8. The van der Waals surface area contributed by atoms with Crippen molar-refractivity contribution in [2.45, 2.75) is 717 Å². The Balaban J connectivity index is -0.000000912. The summed E-state index contributed by atoms with van der Waals surface area (Å²) in [5.41, 5.74) is -3.75. The number of carboxylic acid groups (broad SMARTS) is 3. The fourth-order valence-electron chi connectivity index (χ4n) is 20.2. The van der Waals surface area contributed by atoms with Crippen molar-refractivity contribution in [2.24, 2.45) is 16.2 Å². The van der Waals surface area contributed by atoms with Crippen LogP contribution < -0.4 is 15.3 Å². The monoisotopic (exact) mass is 1930 g/mol. The second-order valence-corrected chi connectivity index (χ2v) is 41.8. The molecule has 0 unspecified atom stereocenters. The van der Waals surface area contributed by atoms with Crippen molar-refractivity contribution in [3.63, 3.8) is 0 Å². The minimum Gasteiger partial charge on any atom is -0.549 e. The second kappa shape index (κ2) is 109. The predicted molar refractivity (Wildman–Crippen MR) is 565 cm³/mol. The Morgan fingerprint density at radius 1 is 0.131 bits per heavy atom. The van der Waals surface area contributed by atoms with Gasteiger partial charge < -0.3 is 29.7 Å². The summed E-state index contributed by atoms with van der Waals surface area (Å²) in [6.07, 6.45) is 118. The van der Waals surface area contributed by atoms with E-state index in [-0.39, 0.29) is 43.2 Å². The predicted octanol–water partition coefficient (Wildman–Crippen LogP) is 37.5. The number of carboxylic acids is 3. The Morgan fingerprint density at radius 2 is 0.208 bits per heavy atom. The number of ketones is 3. The summed E-state index contributed by atoms with van der Waals surface area (Å²) >= 11 is 0. The van der Waals surface area contributed by atoms with E-state index in [4.69, 9.17) is 0 Å². The molecule has 0 aromatic heterocycles. The number of unbranched alkanes of at least 4 members (excludes halogenated alkanes) is 84. The van der Waals surface area contributed by atoms with Crippen LogP contribution >= 0.6 is 0 Å². The largest absolute Gasteiger partial charge is 3.00 e. The van der Waals surface area contributed by atoms with Crippen molar-refractivity contribution in [3.8, 4) is 0 Å². The van der Waals surface area contributed by atoms with Gasteiger partial charge in [-0.25, -0.2) is 0 Å². The van der Waals surface area contributed by atoms with Crippen molar-refractivity contribution < 1.29 is 44.1 Å². The number of Topliss-reactive ketones (excluding diaryl/α,β-unsaturated/α-hetero) is 3. The molecule has 0 aliphatic carbocycles. The van der Waals surface area contributed by atoms with E-state index >= 15 is 0 Å². The summed E-state index contributed by atoms with van der Waals surface area (Å²) in [5, 5.41) is 37.8. The Hall–Kier alpha value is -1.71. The van der Waals surface area contributed by atoms with E-state index in [2.05, 4.69) is 62.3 Å². The van der Waals surface area contributed by atoms with Gasteiger partial charge in [0.2, 0.25) is 0 Å². The van der Waals surface area contributed by atoms with Gasteiger partial charge in [0.05, 0.1) is 34.2 Å². The summed E-state index contributed by atoms with van der Waals surface area (Å²) in [7, 11) is 0. The Labute approximate surface area is 832 Å². The fourth-order valence-corrected chi connectivity index (χ4v) is 20.2. The number of rotatable bonds is 108.